The Morgan fingerprint density at radius 2 is 1.85 bits per heavy atom. The Morgan fingerprint density at radius 3 is 2.38 bits per heavy atom. The monoisotopic (exact) mass is 378 g/mol. The van der Waals surface area contributed by atoms with Crippen LogP contribution in [0.15, 0.2) is 23.1 Å². The van der Waals surface area contributed by atoms with Crippen molar-refractivity contribution in [2.75, 3.05) is 18.1 Å². The van der Waals surface area contributed by atoms with Crippen LogP contribution in [-0.4, -0.2) is 42.8 Å². The Morgan fingerprint density at radius 1 is 1.19 bits per heavy atom. The molecule has 2 amide bonds. The number of carbonyl (C=O) groups excluding carboxylic acids is 2. The van der Waals surface area contributed by atoms with E-state index in [2.05, 4.69) is 15.7 Å². The van der Waals surface area contributed by atoms with Crippen LogP contribution in [0.25, 0.3) is 0 Å². The van der Waals surface area contributed by atoms with Gasteiger partial charge in [-0.3, -0.25) is 14.3 Å². The van der Waals surface area contributed by atoms with Crippen molar-refractivity contribution in [2.45, 2.75) is 25.7 Å². The number of nitrogens with one attached hydrogen (secondary N) is 2. The summed E-state index contributed by atoms with van der Waals surface area (Å²) in [6.45, 7) is 5.06. The predicted molar refractivity (Wildman–Crippen MR) is 97.9 cm³/mol. The highest BCUT2D eigenvalue weighted by atomic mass is 32.2. The largest absolute Gasteiger partial charge is 0.343 e. The molecule has 0 atom stereocenters. The van der Waals surface area contributed by atoms with Gasteiger partial charge in [-0.2, -0.15) is 5.10 Å². The Kier molecular flexibility index (Phi) is 5.50. The summed E-state index contributed by atoms with van der Waals surface area (Å²) in [6.07, 6.45) is 1.07. The van der Waals surface area contributed by atoms with Gasteiger partial charge in [0.05, 0.1) is 28.5 Å². The average molecular weight is 378 g/mol. The summed E-state index contributed by atoms with van der Waals surface area (Å²) >= 11 is 0. The van der Waals surface area contributed by atoms with Crippen LogP contribution in [0.2, 0.25) is 0 Å². The number of sulfone groups is 1. The van der Waals surface area contributed by atoms with E-state index >= 15 is 0 Å². The second-order valence-electron chi connectivity index (χ2n) is 6.15. The number of amides is 2. The minimum Gasteiger partial charge on any atom is -0.343 e. The van der Waals surface area contributed by atoms with Gasteiger partial charge in [0, 0.05) is 18.9 Å². The van der Waals surface area contributed by atoms with Crippen molar-refractivity contribution in [1.82, 2.24) is 15.1 Å². The Labute approximate surface area is 152 Å². The maximum atomic E-state index is 12.3. The topological polar surface area (TPSA) is 110 Å². The molecule has 0 aliphatic carbocycles. The number of aryl methyl sites for hydroxylation is 3. The van der Waals surface area contributed by atoms with Gasteiger partial charge in [-0.1, -0.05) is 6.07 Å². The van der Waals surface area contributed by atoms with E-state index in [4.69, 9.17) is 0 Å². The van der Waals surface area contributed by atoms with Crippen LogP contribution < -0.4 is 10.6 Å². The number of aromatic nitrogens is 2. The molecule has 0 unspecified atom stereocenters. The van der Waals surface area contributed by atoms with E-state index in [1.165, 1.54) is 12.1 Å². The summed E-state index contributed by atoms with van der Waals surface area (Å²) in [4.78, 5) is 24.5. The third-order valence-corrected chi connectivity index (χ3v) is 5.17. The van der Waals surface area contributed by atoms with Gasteiger partial charge in [-0.25, -0.2) is 8.42 Å². The predicted octanol–water partition coefficient (Wildman–Crippen LogP) is 1.12. The molecule has 26 heavy (non-hydrogen) atoms. The van der Waals surface area contributed by atoms with Crippen molar-refractivity contribution >= 4 is 27.3 Å². The van der Waals surface area contributed by atoms with Crippen LogP contribution in [0.3, 0.4) is 0 Å². The van der Waals surface area contributed by atoms with Crippen LogP contribution >= 0.6 is 0 Å². The maximum absolute atomic E-state index is 12.3. The summed E-state index contributed by atoms with van der Waals surface area (Å²) in [5.41, 5.74) is 2.94. The van der Waals surface area contributed by atoms with Crippen molar-refractivity contribution in [3.63, 3.8) is 0 Å². The van der Waals surface area contributed by atoms with E-state index in [0.717, 1.165) is 11.9 Å². The zero-order valence-electron chi connectivity index (χ0n) is 15.4. The molecule has 2 aromatic rings. The summed E-state index contributed by atoms with van der Waals surface area (Å²) in [7, 11) is -1.65. The van der Waals surface area contributed by atoms with Gasteiger partial charge in [0.25, 0.3) is 5.91 Å². The second-order valence-corrected chi connectivity index (χ2v) is 8.16. The van der Waals surface area contributed by atoms with Crippen LogP contribution in [0, 0.1) is 20.8 Å². The number of nitrogens with zero attached hydrogens (tertiary/aromatic N) is 2. The summed E-state index contributed by atoms with van der Waals surface area (Å²) in [6, 6.07) is 4.32. The molecular weight excluding hydrogens is 356 g/mol. The molecule has 1 aromatic carbocycles. The molecule has 8 nitrogen and oxygen atoms in total. The molecule has 1 heterocycles. The van der Waals surface area contributed by atoms with Gasteiger partial charge < -0.3 is 10.6 Å². The van der Waals surface area contributed by atoms with Gasteiger partial charge in [-0.15, -0.1) is 0 Å². The summed E-state index contributed by atoms with van der Waals surface area (Å²) < 4.78 is 25.0. The standard InChI is InChI=1S/C17H22N4O4S/c1-10-6-7-13(26(5,24)25)8-14(10)17(23)18-9-15(22)19-16-11(2)20-21(4)12(16)3/h6-8H,9H2,1-5H3,(H,18,23)(H,19,22). The van der Waals surface area contributed by atoms with Crippen LogP contribution in [0.5, 0.6) is 0 Å². The molecule has 2 N–H and O–H groups in total. The Hall–Kier alpha value is -2.68. The number of carbonyl (C=O) groups is 2. The lowest BCUT2D eigenvalue weighted by atomic mass is 10.1. The Bertz CT molecular complexity index is 977. The molecule has 0 spiro atoms. The molecule has 140 valence electrons. The van der Waals surface area contributed by atoms with Crippen molar-refractivity contribution in [3.8, 4) is 0 Å². The lowest BCUT2D eigenvalue weighted by molar-refractivity contribution is -0.115. The zero-order chi connectivity index (χ0) is 19.6. The fourth-order valence-electron chi connectivity index (χ4n) is 2.47. The van der Waals surface area contributed by atoms with E-state index in [0.29, 0.717) is 16.9 Å². The molecule has 9 heteroatoms. The third-order valence-electron chi connectivity index (χ3n) is 4.06. The van der Waals surface area contributed by atoms with Crippen molar-refractivity contribution < 1.29 is 18.0 Å². The number of benzene rings is 1. The molecule has 0 aliphatic rings. The third kappa shape index (κ3) is 4.29. The smallest absolute Gasteiger partial charge is 0.252 e. The fraction of sp³-hybridized carbons (Fsp3) is 0.353. The number of rotatable bonds is 5. The minimum atomic E-state index is -3.42. The zero-order valence-corrected chi connectivity index (χ0v) is 16.2. The van der Waals surface area contributed by atoms with Crippen LogP contribution in [0.1, 0.15) is 27.3 Å². The highest BCUT2D eigenvalue weighted by Gasteiger charge is 2.16. The van der Waals surface area contributed by atoms with Gasteiger partial charge in [0.2, 0.25) is 5.91 Å². The molecule has 0 radical (unpaired) electrons. The van der Waals surface area contributed by atoms with Crippen molar-refractivity contribution in [3.05, 3.63) is 40.7 Å². The average Bonchev–Trinajstić information content (AvgIpc) is 2.78. The van der Waals surface area contributed by atoms with Crippen molar-refractivity contribution in [2.24, 2.45) is 7.05 Å². The van der Waals surface area contributed by atoms with E-state index in [1.54, 1.807) is 31.6 Å². The first-order valence-electron chi connectivity index (χ1n) is 7.89. The maximum Gasteiger partial charge on any atom is 0.252 e. The normalized spacial score (nSPS) is 11.3. The summed E-state index contributed by atoms with van der Waals surface area (Å²) in [5.74, 6) is -0.905. The van der Waals surface area contributed by atoms with Gasteiger partial charge >= 0.3 is 0 Å². The number of hydrogen-bond acceptors (Lipinski definition) is 5. The van der Waals surface area contributed by atoms with Gasteiger partial charge in [0.15, 0.2) is 9.84 Å². The molecule has 0 saturated heterocycles. The highest BCUT2D eigenvalue weighted by molar-refractivity contribution is 7.90. The van der Waals surface area contributed by atoms with Crippen molar-refractivity contribution in [1.29, 1.82) is 0 Å². The molecule has 1 aromatic heterocycles. The minimum absolute atomic E-state index is 0.0549. The lowest BCUT2D eigenvalue weighted by Gasteiger charge is -2.10. The van der Waals surface area contributed by atoms with Crippen LogP contribution in [0.4, 0.5) is 5.69 Å². The molecule has 0 saturated carbocycles. The fourth-order valence-corrected chi connectivity index (χ4v) is 3.12. The molecule has 2 rings (SSSR count). The van der Waals surface area contributed by atoms with E-state index < -0.39 is 21.7 Å². The van der Waals surface area contributed by atoms with Gasteiger partial charge in [-0.05, 0) is 38.5 Å². The lowest BCUT2D eigenvalue weighted by Crippen LogP contribution is -2.33. The SMILES string of the molecule is Cc1ccc(S(C)(=O)=O)cc1C(=O)NCC(=O)Nc1c(C)nn(C)c1C. The Balaban J connectivity index is 2.08. The first-order valence-corrected chi connectivity index (χ1v) is 9.78. The quantitative estimate of drug-likeness (QED) is 0.810. The molecule has 0 aliphatic heterocycles. The highest BCUT2D eigenvalue weighted by Crippen LogP contribution is 2.18. The number of hydrogen-bond donors (Lipinski definition) is 2. The molecular formula is C17H22N4O4S. The molecule has 0 bridgehead atoms. The van der Waals surface area contributed by atoms with Crippen LogP contribution in [-0.2, 0) is 21.7 Å². The number of anilines is 1. The molecule has 0 fully saturated rings. The summed E-state index contributed by atoms with van der Waals surface area (Å²) in [5, 5.41) is 9.44. The van der Waals surface area contributed by atoms with Gasteiger partial charge in [0.1, 0.15) is 0 Å². The van der Waals surface area contributed by atoms with E-state index in [9.17, 15) is 18.0 Å². The van der Waals surface area contributed by atoms with E-state index in [-0.39, 0.29) is 17.0 Å². The second kappa shape index (κ2) is 7.28. The first kappa shape index (κ1) is 19.6. The van der Waals surface area contributed by atoms with E-state index in [1.807, 2.05) is 6.92 Å². The first-order chi connectivity index (χ1) is 12.0.